The van der Waals surface area contributed by atoms with Gasteiger partial charge in [-0.25, -0.2) is 0 Å². The van der Waals surface area contributed by atoms with E-state index in [1.54, 1.807) is 0 Å². The maximum Gasteiger partial charge on any atom is 0.0412 e. The Labute approximate surface area is 115 Å². The first-order chi connectivity index (χ1) is 8.81. The molecule has 1 N–H and O–H groups in total. The zero-order chi connectivity index (χ0) is 12.8. The summed E-state index contributed by atoms with van der Waals surface area (Å²) in [6.45, 7) is 6.40. The second kappa shape index (κ2) is 7.01. The number of anilines is 1. The molecule has 1 aliphatic heterocycles. The van der Waals surface area contributed by atoms with Gasteiger partial charge in [-0.2, -0.15) is 0 Å². The Hall–Kier alpha value is -0.730. The lowest BCUT2D eigenvalue weighted by Gasteiger charge is -2.25. The van der Waals surface area contributed by atoms with E-state index in [0.717, 1.165) is 18.1 Å². The maximum atomic E-state index is 6.12. The van der Waals surface area contributed by atoms with Gasteiger partial charge in [-0.3, -0.25) is 0 Å². The summed E-state index contributed by atoms with van der Waals surface area (Å²) < 4.78 is 0. The predicted octanol–water partition coefficient (Wildman–Crippen LogP) is 3.83. The second-order valence-corrected chi connectivity index (χ2v) is 5.39. The van der Waals surface area contributed by atoms with Crippen LogP contribution in [0.15, 0.2) is 18.2 Å². The summed E-state index contributed by atoms with van der Waals surface area (Å²) in [5, 5.41) is 4.24. The first-order valence-corrected chi connectivity index (χ1v) is 7.43. The molecule has 0 aromatic heterocycles. The zero-order valence-corrected chi connectivity index (χ0v) is 12.0. The van der Waals surface area contributed by atoms with Crippen molar-refractivity contribution in [1.82, 2.24) is 5.32 Å². The summed E-state index contributed by atoms with van der Waals surface area (Å²) in [4.78, 5) is 2.52. The molecule has 18 heavy (non-hydrogen) atoms. The van der Waals surface area contributed by atoms with E-state index in [0.29, 0.717) is 0 Å². The Balaban J connectivity index is 2.18. The highest BCUT2D eigenvalue weighted by Crippen LogP contribution is 2.26. The maximum absolute atomic E-state index is 6.12. The van der Waals surface area contributed by atoms with Crippen molar-refractivity contribution in [3.63, 3.8) is 0 Å². The molecule has 0 amide bonds. The van der Waals surface area contributed by atoms with Gasteiger partial charge in [0.05, 0.1) is 0 Å². The van der Waals surface area contributed by atoms with Crippen molar-refractivity contribution in [2.24, 2.45) is 0 Å². The average Bonchev–Trinajstić information content (AvgIpc) is 2.65. The summed E-state index contributed by atoms with van der Waals surface area (Å²) >= 11 is 6.12. The highest BCUT2D eigenvalue weighted by Gasteiger charge is 2.13. The third-order valence-electron chi connectivity index (χ3n) is 3.55. The van der Waals surface area contributed by atoms with Gasteiger partial charge in [-0.1, -0.05) is 31.4 Å². The molecule has 0 radical (unpaired) electrons. The van der Waals surface area contributed by atoms with Crippen molar-refractivity contribution in [3.05, 3.63) is 28.8 Å². The number of hydrogen-bond donors (Lipinski definition) is 1. The van der Waals surface area contributed by atoms with Gasteiger partial charge in [0.15, 0.2) is 0 Å². The Bertz CT molecular complexity index is 371. The van der Waals surface area contributed by atoms with Crippen LogP contribution in [0.3, 0.4) is 0 Å². The third kappa shape index (κ3) is 3.63. The van der Waals surface area contributed by atoms with Gasteiger partial charge in [0.1, 0.15) is 0 Å². The molecule has 0 atom stereocenters. The van der Waals surface area contributed by atoms with Crippen molar-refractivity contribution in [1.29, 1.82) is 0 Å². The Kier molecular flexibility index (Phi) is 5.33. The molecule has 2 nitrogen and oxygen atoms in total. The smallest absolute Gasteiger partial charge is 0.0412 e. The normalized spacial score (nSPS) is 16.7. The molecule has 1 aliphatic rings. The SMILES string of the molecule is CCNCc1cc(Cl)ccc1N1CCCCCC1. The van der Waals surface area contributed by atoms with Crippen molar-refractivity contribution in [2.75, 3.05) is 24.5 Å². The molecule has 3 heteroatoms. The van der Waals surface area contributed by atoms with Gasteiger partial charge in [0.25, 0.3) is 0 Å². The minimum absolute atomic E-state index is 0.835. The summed E-state index contributed by atoms with van der Waals surface area (Å²) in [6, 6.07) is 6.29. The molecular formula is C15H23ClN2. The Morgan fingerprint density at radius 1 is 1.17 bits per heavy atom. The van der Waals surface area contributed by atoms with Crippen LogP contribution in [0.5, 0.6) is 0 Å². The second-order valence-electron chi connectivity index (χ2n) is 4.95. The van der Waals surface area contributed by atoms with Gasteiger partial charge in [-0.15, -0.1) is 0 Å². The van der Waals surface area contributed by atoms with Crippen molar-refractivity contribution in [3.8, 4) is 0 Å². The molecule has 0 spiro atoms. The van der Waals surface area contributed by atoms with Gasteiger partial charge >= 0.3 is 0 Å². The Morgan fingerprint density at radius 3 is 2.56 bits per heavy atom. The van der Waals surface area contributed by atoms with E-state index in [4.69, 9.17) is 11.6 Å². The van der Waals surface area contributed by atoms with Crippen LogP contribution in [0.1, 0.15) is 38.2 Å². The van der Waals surface area contributed by atoms with Crippen LogP contribution in [-0.2, 0) is 6.54 Å². The van der Waals surface area contributed by atoms with Crippen LogP contribution < -0.4 is 10.2 Å². The monoisotopic (exact) mass is 266 g/mol. The Morgan fingerprint density at radius 2 is 1.89 bits per heavy atom. The lowest BCUT2D eigenvalue weighted by molar-refractivity contribution is 0.716. The van der Waals surface area contributed by atoms with Crippen LogP contribution in [0.25, 0.3) is 0 Å². The molecule has 1 aromatic carbocycles. The van der Waals surface area contributed by atoms with E-state index < -0.39 is 0 Å². The summed E-state index contributed by atoms with van der Waals surface area (Å²) in [5.41, 5.74) is 2.69. The molecule has 1 aromatic rings. The summed E-state index contributed by atoms with van der Waals surface area (Å²) in [6.07, 6.45) is 5.35. The minimum atomic E-state index is 0.835. The molecule has 0 saturated carbocycles. The molecule has 0 aliphatic carbocycles. The predicted molar refractivity (Wildman–Crippen MR) is 79.5 cm³/mol. The molecule has 100 valence electrons. The lowest BCUT2D eigenvalue weighted by atomic mass is 10.1. The third-order valence-corrected chi connectivity index (χ3v) is 3.79. The molecule has 1 fully saturated rings. The number of halogens is 1. The van der Waals surface area contributed by atoms with Crippen molar-refractivity contribution < 1.29 is 0 Å². The number of benzene rings is 1. The largest absolute Gasteiger partial charge is 0.371 e. The topological polar surface area (TPSA) is 15.3 Å². The molecule has 1 saturated heterocycles. The van der Waals surface area contributed by atoms with Crippen LogP contribution in [0.2, 0.25) is 5.02 Å². The van der Waals surface area contributed by atoms with E-state index in [2.05, 4.69) is 29.3 Å². The summed E-state index contributed by atoms with van der Waals surface area (Å²) in [7, 11) is 0. The van der Waals surface area contributed by atoms with E-state index in [-0.39, 0.29) is 0 Å². The number of rotatable bonds is 4. The molecule has 1 heterocycles. The van der Waals surface area contributed by atoms with Gasteiger partial charge in [0, 0.05) is 30.3 Å². The van der Waals surface area contributed by atoms with Crippen LogP contribution in [0.4, 0.5) is 5.69 Å². The standard InChI is InChI=1S/C15H23ClN2/c1-2-17-12-13-11-14(16)7-8-15(13)18-9-5-3-4-6-10-18/h7-8,11,17H,2-6,9-10,12H2,1H3. The fraction of sp³-hybridized carbons (Fsp3) is 0.600. The van der Waals surface area contributed by atoms with Crippen LogP contribution in [-0.4, -0.2) is 19.6 Å². The van der Waals surface area contributed by atoms with Crippen LogP contribution >= 0.6 is 11.6 Å². The lowest BCUT2D eigenvalue weighted by Crippen LogP contribution is -2.26. The van der Waals surface area contributed by atoms with Crippen molar-refractivity contribution in [2.45, 2.75) is 39.2 Å². The number of nitrogens with zero attached hydrogens (tertiary/aromatic N) is 1. The summed E-state index contributed by atoms with van der Waals surface area (Å²) in [5.74, 6) is 0. The van der Waals surface area contributed by atoms with E-state index in [9.17, 15) is 0 Å². The van der Waals surface area contributed by atoms with Gasteiger partial charge in [0.2, 0.25) is 0 Å². The zero-order valence-electron chi connectivity index (χ0n) is 11.2. The van der Waals surface area contributed by atoms with Crippen LogP contribution in [0, 0.1) is 0 Å². The fourth-order valence-electron chi connectivity index (χ4n) is 2.58. The highest BCUT2D eigenvalue weighted by atomic mass is 35.5. The average molecular weight is 267 g/mol. The van der Waals surface area contributed by atoms with Gasteiger partial charge < -0.3 is 10.2 Å². The van der Waals surface area contributed by atoms with E-state index in [1.807, 2.05) is 6.07 Å². The molecule has 0 unspecified atom stereocenters. The first-order valence-electron chi connectivity index (χ1n) is 7.05. The molecular weight excluding hydrogens is 244 g/mol. The fourth-order valence-corrected chi connectivity index (χ4v) is 2.77. The first kappa shape index (κ1) is 13.7. The number of nitrogens with one attached hydrogen (secondary N) is 1. The van der Waals surface area contributed by atoms with E-state index in [1.165, 1.54) is 50.0 Å². The van der Waals surface area contributed by atoms with E-state index >= 15 is 0 Å². The number of hydrogen-bond acceptors (Lipinski definition) is 2. The highest BCUT2D eigenvalue weighted by molar-refractivity contribution is 6.30. The molecule has 2 rings (SSSR count). The minimum Gasteiger partial charge on any atom is -0.371 e. The van der Waals surface area contributed by atoms with Gasteiger partial charge in [-0.05, 0) is 43.1 Å². The van der Waals surface area contributed by atoms with Crippen molar-refractivity contribution >= 4 is 17.3 Å². The molecule has 0 bridgehead atoms. The quantitative estimate of drug-likeness (QED) is 0.891.